The van der Waals surface area contributed by atoms with E-state index in [2.05, 4.69) is 5.32 Å². The third kappa shape index (κ3) is 3.23. The topological polar surface area (TPSA) is 95.9 Å². The summed E-state index contributed by atoms with van der Waals surface area (Å²) >= 11 is 7.28. The lowest BCUT2D eigenvalue weighted by atomic mass is 9.92. The molecular weight excluding hydrogens is 344 g/mol. The molecule has 23 heavy (non-hydrogen) atoms. The molecule has 0 atom stereocenters. The minimum atomic E-state index is -1.05. The molecule has 1 spiro atoms. The summed E-state index contributed by atoms with van der Waals surface area (Å²) in [5, 5.41) is 11.9. The van der Waals surface area contributed by atoms with E-state index >= 15 is 0 Å². The zero-order chi connectivity index (χ0) is 16.6. The molecule has 0 aromatic heterocycles. The van der Waals surface area contributed by atoms with Crippen molar-refractivity contribution in [2.75, 3.05) is 25.4 Å². The van der Waals surface area contributed by atoms with E-state index < -0.39 is 17.6 Å². The maximum Gasteiger partial charge on any atom is 0.407 e. The summed E-state index contributed by atoms with van der Waals surface area (Å²) < 4.78 is 4.86. The van der Waals surface area contributed by atoms with Gasteiger partial charge >= 0.3 is 12.1 Å². The highest BCUT2D eigenvalue weighted by atomic mass is 35.5. The average molecular weight is 357 g/mol. The Balaban J connectivity index is 1.52. The minimum absolute atomic E-state index is 0.0693. The molecule has 2 aliphatic heterocycles. The van der Waals surface area contributed by atoms with E-state index in [-0.39, 0.29) is 23.8 Å². The average Bonchev–Trinajstić information content (AvgIpc) is 2.86. The SMILES string of the molecule is O=C1NC2(CO1)CN(C(=O)CSc1ccc(C(=O)O)cc1Cl)C2. The Morgan fingerprint density at radius 3 is 2.74 bits per heavy atom. The molecule has 2 heterocycles. The van der Waals surface area contributed by atoms with E-state index in [0.717, 1.165) is 0 Å². The molecule has 3 rings (SSSR count). The number of carboxylic acid groups (broad SMARTS) is 1. The van der Waals surface area contributed by atoms with E-state index in [4.69, 9.17) is 21.4 Å². The van der Waals surface area contributed by atoms with Crippen LogP contribution in [0.15, 0.2) is 23.1 Å². The lowest BCUT2D eigenvalue weighted by Gasteiger charge is -2.45. The number of rotatable bonds is 4. The van der Waals surface area contributed by atoms with Crippen molar-refractivity contribution in [3.8, 4) is 0 Å². The number of cyclic esters (lactones) is 1. The third-order valence-electron chi connectivity index (χ3n) is 3.72. The van der Waals surface area contributed by atoms with Crippen LogP contribution >= 0.6 is 23.4 Å². The third-order valence-corrected chi connectivity index (χ3v) is 5.20. The van der Waals surface area contributed by atoms with Crippen molar-refractivity contribution in [1.82, 2.24) is 10.2 Å². The summed E-state index contributed by atoms with van der Waals surface area (Å²) in [6.07, 6.45) is -0.447. The van der Waals surface area contributed by atoms with Gasteiger partial charge in [0.1, 0.15) is 12.1 Å². The van der Waals surface area contributed by atoms with Gasteiger partial charge in [0.25, 0.3) is 0 Å². The number of thioether (sulfide) groups is 1. The van der Waals surface area contributed by atoms with Crippen LogP contribution in [0.2, 0.25) is 5.02 Å². The fourth-order valence-electron chi connectivity index (χ4n) is 2.51. The number of benzene rings is 1. The fourth-order valence-corrected chi connectivity index (χ4v) is 3.67. The van der Waals surface area contributed by atoms with Gasteiger partial charge in [-0.25, -0.2) is 9.59 Å². The quantitative estimate of drug-likeness (QED) is 0.793. The molecule has 2 fully saturated rings. The van der Waals surface area contributed by atoms with E-state index in [1.54, 1.807) is 11.0 Å². The molecule has 2 aliphatic rings. The predicted molar refractivity (Wildman–Crippen MR) is 82.9 cm³/mol. The molecule has 2 saturated heterocycles. The van der Waals surface area contributed by atoms with Crippen LogP contribution < -0.4 is 5.32 Å². The van der Waals surface area contributed by atoms with Crippen molar-refractivity contribution in [3.63, 3.8) is 0 Å². The molecule has 0 unspecified atom stereocenters. The Hall–Kier alpha value is -1.93. The summed E-state index contributed by atoms with van der Waals surface area (Å²) in [4.78, 5) is 36.3. The van der Waals surface area contributed by atoms with Gasteiger partial charge in [-0.1, -0.05) is 11.6 Å². The van der Waals surface area contributed by atoms with Gasteiger partial charge in [-0.15, -0.1) is 11.8 Å². The van der Waals surface area contributed by atoms with E-state index in [1.807, 2.05) is 0 Å². The molecule has 0 saturated carbocycles. The number of carboxylic acids is 1. The predicted octanol–water partition coefficient (Wildman–Crippen LogP) is 1.45. The second-order valence-corrected chi connectivity index (χ2v) is 6.89. The van der Waals surface area contributed by atoms with Crippen LogP contribution in [0.5, 0.6) is 0 Å². The number of hydrogen-bond acceptors (Lipinski definition) is 5. The Bertz CT molecular complexity index is 690. The molecule has 2 N–H and O–H groups in total. The number of alkyl carbamates (subject to hydrolysis) is 1. The normalized spacial score (nSPS) is 18.3. The Morgan fingerprint density at radius 1 is 1.43 bits per heavy atom. The zero-order valence-corrected chi connectivity index (χ0v) is 13.4. The number of likely N-dealkylation sites (tertiary alicyclic amines) is 1. The molecule has 9 heteroatoms. The van der Waals surface area contributed by atoms with Gasteiger partial charge in [0.2, 0.25) is 5.91 Å². The number of nitrogens with one attached hydrogen (secondary N) is 1. The van der Waals surface area contributed by atoms with Crippen LogP contribution in [0.25, 0.3) is 0 Å². The van der Waals surface area contributed by atoms with Gasteiger partial charge < -0.3 is 20.1 Å². The van der Waals surface area contributed by atoms with Gasteiger partial charge in [-0.05, 0) is 18.2 Å². The van der Waals surface area contributed by atoms with E-state index in [1.165, 1.54) is 23.9 Å². The number of carbonyl (C=O) groups excluding carboxylic acids is 2. The van der Waals surface area contributed by atoms with Crippen LogP contribution in [0.3, 0.4) is 0 Å². The van der Waals surface area contributed by atoms with Gasteiger partial charge in [0.15, 0.2) is 0 Å². The summed E-state index contributed by atoms with van der Waals surface area (Å²) in [7, 11) is 0. The lowest BCUT2D eigenvalue weighted by Crippen LogP contribution is -2.70. The summed E-state index contributed by atoms with van der Waals surface area (Å²) in [5.74, 6) is -0.928. The standard InChI is InChI=1S/C14H13ClN2O5S/c15-9-3-8(12(19)20)1-2-10(9)23-4-11(18)17-5-14(6-17)7-22-13(21)16-14/h1-3H,4-7H2,(H,16,21)(H,19,20). The number of halogens is 1. The van der Waals surface area contributed by atoms with Gasteiger partial charge in [-0.2, -0.15) is 0 Å². The van der Waals surface area contributed by atoms with Crippen molar-refractivity contribution in [2.45, 2.75) is 10.4 Å². The largest absolute Gasteiger partial charge is 0.478 e. The number of aromatic carboxylic acids is 1. The van der Waals surface area contributed by atoms with Gasteiger partial charge in [0, 0.05) is 18.0 Å². The molecule has 7 nitrogen and oxygen atoms in total. The van der Waals surface area contributed by atoms with Crippen LogP contribution in [0.1, 0.15) is 10.4 Å². The van der Waals surface area contributed by atoms with Crippen LogP contribution in [0.4, 0.5) is 4.79 Å². The lowest BCUT2D eigenvalue weighted by molar-refractivity contribution is -0.136. The number of amides is 2. The van der Waals surface area contributed by atoms with E-state index in [0.29, 0.717) is 23.0 Å². The molecule has 0 radical (unpaired) electrons. The smallest absolute Gasteiger partial charge is 0.407 e. The molecule has 0 aliphatic carbocycles. The molecule has 2 amide bonds. The summed E-state index contributed by atoms with van der Waals surface area (Å²) in [6.45, 7) is 1.15. The number of carbonyl (C=O) groups is 3. The molecule has 0 bridgehead atoms. The summed E-state index contributed by atoms with van der Waals surface area (Å²) in [5.41, 5.74) is -0.328. The first-order valence-electron chi connectivity index (χ1n) is 6.77. The van der Waals surface area contributed by atoms with E-state index in [9.17, 15) is 14.4 Å². The van der Waals surface area contributed by atoms with Gasteiger partial charge in [0.05, 0.1) is 16.3 Å². The number of hydrogen-bond donors (Lipinski definition) is 2. The van der Waals surface area contributed by atoms with Crippen molar-refractivity contribution in [2.24, 2.45) is 0 Å². The number of ether oxygens (including phenoxy) is 1. The van der Waals surface area contributed by atoms with Gasteiger partial charge in [-0.3, -0.25) is 4.79 Å². The first kappa shape index (κ1) is 15.9. The zero-order valence-electron chi connectivity index (χ0n) is 11.9. The van der Waals surface area contributed by atoms with Crippen LogP contribution in [0, 0.1) is 0 Å². The van der Waals surface area contributed by atoms with Crippen molar-refractivity contribution in [1.29, 1.82) is 0 Å². The maximum absolute atomic E-state index is 12.1. The van der Waals surface area contributed by atoms with Crippen molar-refractivity contribution < 1.29 is 24.2 Å². The first-order chi connectivity index (χ1) is 10.9. The van der Waals surface area contributed by atoms with Crippen molar-refractivity contribution >= 4 is 41.3 Å². The van der Waals surface area contributed by atoms with Crippen LogP contribution in [-0.4, -0.2) is 59.0 Å². The summed E-state index contributed by atoms with van der Waals surface area (Å²) in [6, 6.07) is 4.40. The minimum Gasteiger partial charge on any atom is -0.478 e. The fraction of sp³-hybridized carbons (Fsp3) is 0.357. The second kappa shape index (κ2) is 5.93. The highest BCUT2D eigenvalue weighted by molar-refractivity contribution is 8.00. The highest BCUT2D eigenvalue weighted by Crippen LogP contribution is 2.30. The number of nitrogens with zero attached hydrogens (tertiary/aromatic N) is 1. The maximum atomic E-state index is 12.1. The highest BCUT2D eigenvalue weighted by Gasteiger charge is 2.50. The second-order valence-electron chi connectivity index (χ2n) is 5.47. The monoisotopic (exact) mass is 356 g/mol. The molecule has 122 valence electrons. The molecule has 1 aromatic carbocycles. The van der Waals surface area contributed by atoms with Crippen LogP contribution in [-0.2, 0) is 9.53 Å². The Morgan fingerprint density at radius 2 is 2.17 bits per heavy atom. The Kier molecular flexibility index (Phi) is 4.11. The molecular formula is C14H13ClN2O5S. The Labute approximate surface area is 140 Å². The first-order valence-corrected chi connectivity index (χ1v) is 8.13. The molecule has 1 aromatic rings. The van der Waals surface area contributed by atoms with Crippen molar-refractivity contribution in [3.05, 3.63) is 28.8 Å².